The molecule has 3 heterocycles. The highest BCUT2D eigenvalue weighted by atomic mass is 35.5. The van der Waals surface area contributed by atoms with Crippen LogP contribution in [-0.4, -0.2) is 116 Å². The van der Waals surface area contributed by atoms with Crippen LogP contribution in [0.15, 0.2) is 29.9 Å². The summed E-state index contributed by atoms with van der Waals surface area (Å²) in [6, 6.07) is 2.41. The number of likely N-dealkylation sites (N-methyl/N-ethyl adjacent to an activating group) is 1. The first-order chi connectivity index (χ1) is 24.5. The normalized spacial score (nSPS) is 31.4. The molecule has 3 amide bonds. The molecule has 2 saturated heterocycles. The minimum absolute atomic E-state index is 0.144. The maximum Gasteiger partial charge on any atom is 0.404 e. The SMILES string of the molecule is C=[O+]c1cc2cc(c1Cl)N(C)C(=O)C[C@H](OC(=O)[C@@H](C)N(C)C(=O)CCSSC)[C@]1(C)O[C@H]1[C@H](C)[C@@H]1[CH-][C@@](O)(NC(=O)O1)[C@H](OC)/C=C/[CH-]/C(C)=C\2. The molecule has 0 unspecified atom stereocenters. The molecule has 8 atom stereocenters. The molecule has 2 fully saturated rings. The number of anilines is 1. The van der Waals surface area contributed by atoms with Crippen LogP contribution in [0.4, 0.5) is 10.5 Å². The van der Waals surface area contributed by atoms with Gasteiger partial charge >= 0.3 is 17.8 Å². The van der Waals surface area contributed by atoms with E-state index in [9.17, 15) is 24.3 Å². The van der Waals surface area contributed by atoms with E-state index in [2.05, 4.69) is 12.1 Å². The molecule has 0 aromatic heterocycles. The molecule has 16 heteroatoms. The number of benzene rings is 1. The topological polar surface area (TPSA) is 159 Å². The second-order valence-corrected chi connectivity index (χ2v) is 16.2. The lowest BCUT2D eigenvalue weighted by molar-refractivity contribution is -0.354. The van der Waals surface area contributed by atoms with E-state index in [4.69, 9.17) is 35.0 Å². The van der Waals surface area contributed by atoms with Crippen LogP contribution in [0.2, 0.25) is 5.02 Å². The number of carbonyl (C=O) groups is 4. The van der Waals surface area contributed by atoms with Crippen molar-refractivity contribution in [1.29, 1.82) is 0 Å². The first-order valence-electron chi connectivity index (χ1n) is 16.6. The summed E-state index contributed by atoms with van der Waals surface area (Å²) in [7, 11) is 7.55. The number of epoxide rings is 1. The van der Waals surface area contributed by atoms with Crippen LogP contribution >= 0.6 is 33.2 Å². The summed E-state index contributed by atoms with van der Waals surface area (Å²) < 4.78 is 28.7. The number of ether oxygens (including phenoxy) is 4. The number of amides is 3. The molecule has 3 aliphatic heterocycles. The number of aliphatic hydroxyl groups is 1. The van der Waals surface area contributed by atoms with Crippen LogP contribution in [0.5, 0.6) is 5.75 Å². The zero-order valence-electron chi connectivity index (χ0n) is 30.5. The van der Waals surface area contributed by atoms with Crippen molar-refractivity contribution in [2.75, 3.05) is 38.1 Å². The number of rotatable bonds is 9. The third-order valence-electron chi connectivity index (χ3n) is 9.60. The molecule has 3 aliphatic rings. The predicted molar refractivity (Wildman–Crippen MR) is 202 cm³/mol. The molecule has 1 aromatic rings. The Bertz CT molecular complexity index is 1610. The van der Waals surface area contributed by atoms with Gasteiger partial charge in [-0.25, -0.2) is 20.4 Å². The number of nitrogens with zero attached hydrogens (tertiary/aromatic N) is 2. The van der Waals surface area contributed by atoms with Gasteiger partial charge in [0.05, 0.1) is 24.3 Å². The fourth-order valence-corrected chi connectivity index (χ4v) is 7.69. The van der Waals surface area contributed by atoms with E-state index in [1.54, 1.807) is 69.3 Å². The molecule has 52 heavy (non-hydrogen) atoms. The van der Waals surface area contributed by atoms with Crippen LogP contribution in [0.25, 0.3) is 6.08 Å². The van der Waals surface area contributed by atoms with Crippen molar-refractivity contribution in [3.8, 4) is 5.75 Å². The van der Waals surface area contributed by atoms with Crippen molar-refractivity contribution in [3.63, 3.8) is 0 Å². The number of esters is 1. The fraction of sp³-hybridized carbons (Fsp3) is 0.528. The maximum absolute atomic E-state index is 14.1. The lowest BCUT2D eigenvalue weighted by Gasteiger charge is -2.51. The standard InChI is InChI=1S/C36H47ClN3O10S2/c1-20-11-10-12-27(47-8)36(45)19-26(48-34(44)38-36)21(2)32-35(4,50-32)28(49-33(43)22(3)39(5)29(41)13-14-52-51-9)18-30(42)40(6)24-16-23(15-20)17-25(46-7)31(24)37/h10-12,15-17,19,21-22,26-28,32,45H,7,13-14,18H2,1-6,8-9H3,(H,38,44)/q-1/b12-10+,20-15-/t21-,22-,26+,27-,28+,32+,35+,36+/m1/s1. The number of fused-ring (bicyclic) bond motifs is 5. The van der Waals surface area contributed by atoms with E-state index in [-0.39, 0.29) is 29.5 Å². The van der Waals surface area contributed by atoms with E-state index in [0.29, 0.717) is 17.0 Å². The summed E-state index contributed by atoms with van der Waals surface area (Å²) in [4.78, 5) is 56.1. The van der Waals surface area contributed by atoms with Crippen molar-refractivity contribution < 1.29 is 47.7 Å². The van der Waals surface area contributed by atoms with Gasteiger partial charge in [0, 0.05) is 45.2 Å². The lowest BCUT2D eigenvalue weighted by atomic mass is 9.83. The molecule has 2 N–H and O–H groups in total. The van der Waals surface area contributed by atoms with E-state index in [1.165, 1.54) is 41.2 Å². The highest BCUT2D eigenvalue weighted by Gasteiger charge is 2.63. The third kappa shape index (κ3) is 9.29. The summed E-state index contributed by atoms with van der Waals surface area (Å²) in [6.45, 7) is 10.4. The van der Waals surface area contributed by atoms with Gasteiger partial charge in [0.15, 0.2) is 5.02 Å². The smallest absolute Gasteiger partial charge is 0.404 e. The molecule has 0 aliphatic carbocycles. The highest BCUT2D eigenvalue weighted by molar-refractivity contribution is 8.76. The van der Waals surface area contributed by atoms with Crippen LogP contribution in [0.3, 0.4) is 0 Å². The first kappa shape index (κ1) is 41.5. The Hall–Kier alpha value is -3.21. The average Bonchev–Trinajstić information content (AvgIpc) is 3.80. The monoisotopic (exact) mass is 780 g/mol. The average molecular weight is 781 g/mol. The minimum atomic E-state index is -1.96. The Kier molecular flexibility index (Phi) is 13.8. The van der Waals surface area contributed by atoms with Crippen LogP contribution in [0.1, 0.15) is 46.1 Å². The highest BCUT2D eigenvalue weighted by Crippen LogP contribution is 2.49. The van der Waals surface area contributed by atoms with Crippen LogP contribution in [0, 0.1) is 18.8 Å². The van der Waals surface area contributed by atoms with Gasteiger partial charge in [-0.1, -0.05) is 52.6 Å². The summed E-state index contributed by atoms with van der Waals surface area (Å²) in [5, 5.41) is 14.2. The minimum Gasteiger partial charge on any atom is -0.479 e. The molecule has 0 saturated carbocycles. The van der Waals surface area contributed by atoms with Gasteiger partial charge in [-0.2, -0.15) is 18.1 Å². The van der Waals surface area contributed by atoms with E-state index in [0.717, 1.165) is 5.57 Å². The number of hydrogen-bond acceptors (Lipinski definition) is 11. The number of alkyl carbamates (subject to hydrolysis) is 1. The Balaban J connectivity index is 1.75. The summed E-state index contributed by atoms with van der Waals surface area (Å²) in [6.07, 6.45) is 5.41. The molecule has 286 valence electrons. The maximum atomic E-state index is 14.1. The Morgan fingerprint density at radius 3 is 2.71 bits per heavy atom. The quantitative estimate of drug-likeness (QED) is 0.0876. The molecular weight excluding hydrogens is 734 g/mol. The number of methoxy groups -OCH3 is 1. The Morgan fingerprint density at radius 2 is 2.06 bits per heavy atom. The molecule has 13 nitrogen and oxygen atoms in total. The van der Waals surface area contributed by atoms with Gasteiger partial charge in [-0.05, 0) is 38.2 Å². The van der Waals surface area contributed by atoms with Gasteiger partial charge in [0.2, 0.25) is 11.8 Å². The zero-order chi connectivity index (χ0) is 38.5. The first-order valence-corrected chi connectivity index (χ1v) is 19.7. The molecule has 4 bridgehead atoms. The molecule has 1 aromatic carbocycles. The number of carbonyl (C=O) groups excluding carboxylic acids is 5. The number of allylic oxidation sites excluding steroid dienone is 2. The van der Waals surface area contributed by atoms with Gasteiger partial charge in [0.1, 0.15) is 17.7 Å². The van der Waals surface area contributed by atoms with Gasteiger partial charge in [-0.15, -0.1) is 12.2 Å². The summed E-state index contributed by atoms with van der Waals surface area (Å²) in [5.41, 5.74) is -1.47. The Morgan fingerprint density at radius 1 is 1.35 bits per heavy atom. The Labute approximate surface area is 317 Å². The summed E-state index contributed by atoms with van der Waals surface area (Å²) >= 11 is 6.70. The lowest BCUT2D eigenvalue weighted by Crippen LogP contribution is -2.64. The van der Waals surface area contributed by atoms with E-state index in [1.807, 2.05) is 19.3 Å². The van der Waals surface area contributed by atoms with Crippen molar-refractivity contribution >= 4 is 75.6 Å². The zero-order valence-corrected chi connectivity index (χ0v) is 32.9. The fourth-order valence-electron chi connectivity index (χ4n) is 6.22. The molecule has 4 rings (SSSR count). The third-order valence-corrected chi connectivity index (χ3v) is 11.8. The predicted octanol–water partition coefficient (Wildman–Crippen LogP) is 4.92. The largest absolute Gasteiger partial charge is 0.479 e. The van der Waals surface area contributed by atoms with Crippen molar-refractivity contribution in [2.45, 2.75) is 82.3 Å². The number of nitrogens with one attached hydrogen (secondary N) is 1. The van der Waals surface area contributed by atoms with Gasteiger partial charge < -0.3 is 39.2 Å². The second-order valence-electron chi connectivity index (χ2n) is 13.2. The van der Waals surface area contributed by atoms with Gasteiger partial charge in [0.25, 0.3) is 6.79 Å². The van der Waals surface area contributed by atoms with E-state index >= 15 is 0 Å². The van der Waals surface area contributed by atoms with Gasteiger partial charge in [-0.3, -0.25) is 9.59 Å². The van der Waals surface area contributed by atoms with E-state index < -0.39 is 65.7 Å². The number of hydrogen-bond donors (Lipinski definition) is 2. The van der Waals surface area contributed by atoms with Crippen molar-refractivity contribution in [2.24, 2.45) is 5.92 Å². The number of halogens is 1. The second kappa shape index (κ2) is 17.3. The van der Waals surface area contributed by atoms with Crippen molar-refractivity contribution in [1.82, 2.24) is 10.2 Å². The van der Waals surface area contributed by atoms with Crippen LogP contribution in [-0.2, 0) is 37.8 Å². The summed E-state index contributed by atoms with van der Waals surface area (Å²) in [5.74, 6) is -1.21. The molecule has 0 radical (unpaired) electrons. The molecular formula is C36H47ClN3O10S2-. The van der Waals surface area contributed by atoms with Crippen molar-refractivity contribution in [3.05, 3.63) is 53.3 Å². The van der Waals surface area contributed by atoms with Crippen LogP contribution < -0.4 is 10.2 Å². The molecule has 0 spiro atoms.